The van der Waals surface area contributed by atoms with Crippen LogP contribution >= 0.6 is 12.2 Å². The van der Waals surface area contributed by atoms with Crippen molar-refractivity contribution in [1.82, 2.24) is 5.32 Å². The van der Waals surface area contributed by atoms with E-state index in [2.05, 4.69) is 12.2 Å². The highest BCUT2D eigenvalue weighted by Crippen LogP contribution is 2.10. The summed E-state index contributed by atoms with van der Waals surface area (Å²) in [6.45, 7) is 4.28. The molecule has 0 spiro atoms. The largest absolute Gasteiger partial charge is 0.481 e. The SMILES string of the molecule is CC(=O)O.CCCCCCCCCCCCNC(N)=S. The highest BCUT2D eigenvalue weighted by molar-refractivity contribution is 7.80. The summed E-state index contributed by atoms with van der Waals surface area (Å²) in [5.74, 6) is -0.833. The van der Waals surface area contributed by atoms with Crippen molar-refractivity contribution in [3.05, 3.63) is 0 Å². The number of thiocarbonyl (C=S) groups is 1. The topological polar surface area (TPSA) is 75.3 Å². The van der Waals surface area contributed by atoms with E-state index < -0.39 is 5.97 Å². The van der Waals surface area contributed by atoms with Crippen molar-refractivity contribution in [3.8, 4) is 0 Å². The Balaban J connectivity index is 0. The lowest BCUT2D eigenvalue weighted by molar-refractivity contribution is -0.134. The molecule has 0 fully saturated rings. The standard InChI is InChI=1S/C13H28N2S.C2H4O2/c1-2-3-4-5-6-7-8-9-10-11-12-15-13(14)16;1-2(3)4/h2-12H2,1H3,(H3,14,15,16);1H3,(H,3,4). The van der Waals surface area contributed by atoms with Crippen LogP contribution in [0.4, 0.5) is 0 Å². The number of rotatable bonds is 11. The Labute approximate surface area is 129 Å². The maximum Gasteiger partial charge on any atom is 0.300 e. The number of hydrogen-bond donors (Lipinski definition) is 3. The molecule has 0 bridgehead atoms. The minimum absolute atomic E-state index is 0.427. The summed E-state index contributed by atoms with van der Waals surface area (Å²) >= 11 is 4.73. The zero-order valence-electron chi connectivity index (χ0n) is 13.1. The number of hydrogen-bond acceptors (Lipinski definition) is 2. The second kappa shape index (κ2) is 18.2. The predicted molar refractivity (Wildman–Crippen MR) is 89.9 cm³/mol. The van der Waals surface area contributed by atoms with Gasteiger partial charge in [-0.2, -0.15) is 0 Å². The number of unbranched alkanes of at least 4 members (excludes halogenated alkanes) is 9. The van der Waals surface area contributed by atoms with E-state index in [1.54, 1.807) is 0 Å². The summed E-state index contributed by atoms with van der Waals surface area (Å²) in [6.07, 6.45) is 13.7. The summed E-state index contributed by atoms with van der Waals surface area (Å²) in [7, 11) is 0. The molecule has 0 radical (unpaired) electrons. The Morgan fingerprint density at radius 3 is 1.70 bits per heavy atom. The van der Waals surface area contributed by atoms with Gasteiger partial charge in [-0.3, -0.25) is 4.79 Å². The Hall–Kier alpha value is -0.840. The van der Waals surface area contributed by atoms with Gasteiger partial charge in [-0.25, -0.2) is 0 Å². The maximum atomic E-state index is 9.00. The maximum absolute atomic E-state index is 9.00. The van der Waals surface area contributed by atoms with E-state index >= 15 is 0 Å². The van der Waals surface area contributed by atoms with Gasteiger partial charge in [-0.05, 0) is 18.6 Å². The van der Waals surface area contributed by atoms with Crippen molar-refractivity contribution in [1.29, 1.82) is 0 Å². The van der Waals surface area contributed by atoms with Gasteiger partial charge in [0.25, 0.3) is 5.97 Å². The molecule has 0 aliphatic heterocycles. The molecule has 0 aromatic rings. The predicted octanol–water partition coefficient (Wildman–Crippen LogP) is 3.83. The molecular weight excluding hydrogens is 272 g/mol. The highest BCUT2D eigenvalue weighted by Gasteiger charge is 1.92. The molecule has 0 unspecified atom stereocenters. The van der Waals surface area contributed by atoms with Crippen molar-refractivity contribution >= 4 is 23.3 Å². The molecule has 5 heteroatoms. The van der Waals surface area contributed by atoms with E-state index in [9.17, 15) is 0 Å². The van der Waals surface area contributed by atoms with Crippen LogP contribution in [0.3, 0.4) is 0 Å². The van der Waals surface area contributed by atoms with Crippen LogP contribution in [0.2, 0.25) is 0 Å². The van der Waals surface area contributed by atoms with Gasteiger partial charge in [0.05, 0.1) is 0 Å². The number of nitrogens with one attached hydrogen (secondary N) is 1. The molecule has 0 atom stereocenters. The van der Waals surface area contributed by atoms with Gasteiger partial charge in [0.1, 0.15) is 0 Å². The molecule has 0 saturated carbocycles. The first-order valence-electron chi connectivity index (χ1n) is 7.73. The molecule has 4 N–H and O–H groups in total. The zero-order valence-corrected chi connectivity index (χ0v) is 13.9. The molecule has 0 aliphatic rings. The summed E-state index contributed by atoms with van der Waals surface area (Å²) < 4.78 is 0. The fourth-order valence-corrected chi connectivity index (χ4v) is 1.93. The lowest BCUT2D eigenvalue weighted by Gasteiger charge is -2.03. The number of nitrogens with two attached hydrogens (primary N) is 1. The average molecular weight is 304 g/mol. The molecule has 0 rings (SSSR count). The first-order valence-corrected chi connectivity index (χ1v) is 8.14. The number of carboxylic acid groups (broad SMARTS) is 1. The third-order valence-electron chi connectivity index (χ3n) is 2.83. The lowest BCUT2D eigenvalue weighted by Crippen LogP contribution is -2.29. The van der Waals surface area contributed by atoms with E-state index in [1.807, 2.05) is 0 Å². The van der Waals surface area contributed by atoms with Crippen LogP contribution in [0.15, 0.2) is 0 Å². The number of carbonyl (C=O) groups is 1. The highest BCUT2D eigenvalue weighted by atomic mass is 32.1. The Morgan fingerprint density at radius 2 is 1.35 bits per heavy atom. The van der Waals surface area contributed by atoms with Crippen LogP contribution in [-0.2, 0) is 4.79 Å². The molecular formula is C15H32N2O2S. The van der Waals surface area contributed by atoms with Gasteiger partial charge in [0.2, 0.25) is 0 Å². The number of carboxylic acids is 1. The Morgan fingerprint density at radius 1 is 1.00 bits per heavy atom. The van der Waals surface area contributed by atoms with Gasteiger partial charge >= 0.3 is 0 Å². The van der Waals surface area contributed by atoms with E-state index in [1.165, 1.54) is 64.2 Å². The summed E-state index contributed by atoms with van der Waals surface area (Å²) in [4.78, 5) is 9.00. The molecule has 0 aliphatic carbocycles. The van der Waals surface area contributed by atoms with Crippen LogP contribution in [0.5, 0.6) is 0 Å². The van der Waals surface area contributed by atoms with Crippen LogP contribution in [-0.4, -0.2) is 22.7 Å². The normalized spacial score (nSPS) is 9.50. The van der Waals surface area contributed by atoms with Gasteiger partial charge in [0, 0.05) is 13.5 Å². The van der Waals surface area contributed by atoms with E-state index in [-0.39, 0.29) is 0 Å². The molecule has 0 saturated heterocycles. The molecule has 4 nitrogen and oxygen atoms in total. The Bertz CT molecular complexity index is 232. The van der Waals surface area contributed by atoms with E-state index in [0.717, 1.165) is 13.5 Å². The molecule has 20 heavy (non-hydrogen) atoms. The van der Waals surface area contributed by atoms with Crippen LogP contribution in [0.1, 0.15) is 78.1 Å². The fourth-order valence-electron chi connectivity index (χ4n) is 1.82. The zero-order chi connectivity index (χ0) is 15.6. The van der Waals surface area contributed by atoms with Crippen LogP contribution in [0.25, 0.3) is 0 Å². The molecule has 0 heterocycles. The lowest BCUT2D eigenvalue weighted by atomic mass is 10.1. The molecule has 120 valence electrons. The molecule has 0 amide bonds. The molecule has 0 aromatic carbocycles. The van der Waals surface area contributed by atoms with Gasteiger partial charge in [0.15, 0.2) is 5.11 Å². The second-order valence-corrected chi connectivity index (χ2v) is 5.43. The first kappa shape index (κ1) is 21.5. The van der Waals surface area contributed by atoms with Crippen molar-refractivity contribution in [2.24, 2.45) is 5.73 Å². The smallest absolute Gasteiger partial charge is 0.300 e. The molecule has 0 aromatic heterocycles. The van der Waals surface area contributed by atoms with Gasteiger partial charge in [-0.15, -0.1) is 0 Å². The van der Waals surface area contributed by atoms with Gasteiger partial charge < -0.3 is 16.2 Å². The monoisotopic (exact) mass is 304 g/mol. The van der Waals surface area contributed by atoms with Crippen LogP contribution in [0, 0.1) is 0 Å². The van der Waals surface area contributed by atoms with E-state index in [0.29, 0.717) is 5.11 Å². The average Bonchev–Trinajstić information content (AvgIpc) is 2.35. The summed E-state index contributed by atoms with van der Waals surface area (Å²) in [5.41, 5.74) is 5.33. The van der Waals surface area contributed by atoms with E-state index in [4.69, 9.17) is 27.9 Å². The quantitative estimate of drug-likeness (QED) is 0.399. The Kier molecular flexibility index (Phi) is 19.5. The summed E-state index contributed by atoms with van der Waals surface area (Å²) in [5, 5.41) is 10.8. The van der Waals surface area contributed by atoms with Crippen molar-refractivity contribution in [3.63, 3.8) is 0 Å². The minimum Gasteiger partial charge on any atom is -0.481 e. The van der Waals surface area contributed by atoms with Crippen molar-refractivity contribution in [2.75, 3.05) is 6.54 Å². The minimum atomic E-state index is -0.833. The first-order chi connectivity index (χ1) is 9.50. The van der Waals surface area contributed by atoms with Crippen LogP contribution < -0.4 is 11.1 Å². The second-order valence-electron chi connectivity index (χ2n) is 4.99. The fraction of sp³-hybridized carbons (Fsp3) is 0.867. The number of aliphatic carboxylic acids is 1. The van der Waals surface area contributed by atoms with Crippen molar-refractivity contribution < 1.29 is 9.90 Å². The van der Waals surface area contributed by atoms with Gasteiger partial charge in [-0.1, -0.05) is 64.7 Å². The third kappa shape index (κ3) is 30.3. The van der Waals surface area contributed by atoms with Crippen molar-refractivity contribution in [2.45, 2.75) is 78.1 Å². The summed E-state index contributed by atoms with van der Waals surface area (Å²) in [6, 6.07) is 0. The third-order valence-corrected chi connectivity index (χ3v) is 2.97.